The number of hydrogen-bond acceptors (Lipinski definition) is 5. The van der Waals surface area contributed by atoms with Gasteiger partial charge in [0.05, 0.1) is 0 Å². The minimum atomic E-state index is 0.692. The molecule has 1 unspecified atom stereocenters. The van der Waals surface area contributed by atoms with Crippen molar-refractivity contribution in [2.24, 2.45) is 5.92 Å². The summed E-state index contributed by atoms with van der Waals surface area (Å²) in [6.45, 7) is 4.13. The molecule has 0 bridgehead atoms. The van der Waals surface area contributed by atoms with Crippen LogP contribution in [0.1, 0.15) is 19.2 Å². The Kier molecular flexibility index (Phi) is 5.13. The van der Waals surface area contributed by atoms with Gasteiger partial charge >= 0.3 is 0 Å². The number of thiol groups is 1. The number of aromatic nitrogens is 2. The molecule has 0 fully saturated rings. The fraction of sp³-hybridized carbons (Fsp3) is 0.750. The lowest BCUT2D eigenvalue weighted by molar-refractivity contribution is 0.649. The largest absolute Gasteiger partial charge is 0.213 e. The summed E-state index contributed by atoms with van der Waals surface area (Å²) in [5.41, 5.74) is 0. The second-order valence-electron chi connectivity index (χ2n) is 2.88. The Hall–Kier alpha value is 0.260. The van der Waals surface area contributed by atoms with Crippen LogP contribution < -0.4 is 0 Å². The SMILES string of the molecule is CCC(CS)CSc1nc(C)ns1. The van der Waals surface area contributed by atoms with Gasteiger partial charge in [0.2, 0.25) is 0 Å². The van der Waals surface area contributed by atoms with E-state index in [0.29, 0.717) is 5.92 Å². The van der Waals surface area contributed by atoms with E-state index in [1.165, 1.54) is 18.0 Å². The molecule has 5 heteroatoms. The highest BCUT2D eigenvalue weighted by atomic mass is 32.2. The van der Waals surface area contributed by atoms with Crippen molar-refractivity contribution in [1.82, 2.24) is 9.36 Å². The van der Waals surface area contributed by atoms with E-state index in [-0.39, 0.29) is 0 Å². The fourth-order valence-corrected chi connectivity index (χ4v) is 3.27. The van der Waals surface area contributed by atoms with Crippen molar-refractivity contribution in [3.8, 4) is 0 Å². The van der Waals surface area contributed by atoms with Gasteiger partial charge in [-0.1, -0.05) is 25.1 Å². The molecule has 0 N–H and O–H groups in total. The molecule has 2 nitrogen and oxygen atoms in total. The molecule has 0 aromatic carbocycles. The molecular weight excluding hydrogens is 220 g/mol. The van der Waals surface area contributed by atoms with Gasteiger partial charge in [-0.05, 0) is 30.1 Å². The number of hydrogen-bond donors (Lipinski definition) is 1. The Morgan fingerprint density at radius 2 is 2.38 bits per heavy atom. The van der Waals surface area contributed by atoms with Gasteiger partial charge in [0, 0.05) is 5.75 Å². The monoisotopic (exact) mass is 234 g/mol. The van der Waals surface area contributed by atoms with Crippen molar-refractivity contribution < 1.29 is 0 Å². The van der Waals surface area contributed by atoms with Crippen LogP contribution in [0.4, 0.5) is 0 Å². The van der Waals surface area contributed by atoms with E-state index in [4.69, 9.17) is 0 Å². The van der Waals surface area contributed by atoms with E-state index < -0.39 is 0 Å². The van der Waals surface area contributed by atoms with Crippen LogP contribution in [0, 0.1) is 12.8 Å². The number of thioether (sulfide) groups is 1. The van der Waals surface area contributed by atoms with Crippen molar-refractivity contribution in [3.05, 3.63) is 5.82 Å². The Morgan fingerprint density at radius 1 is 1.62 bits per heavy atom. The second kappa shape index (κ2) is 5.88. The predicted molar refractivity (Wildman–Crippen MR) is 63.0 cm³/mol. The summed E-state index contributed by atoms with van der Waals surface area (Å²) in [5, 5.41) is 0. The smallest absolute Gasteiger partial charge is 0.170 e. The second-order valence-corrected chi connectivity index (χ2v) is 5.26. The van der Waals surface area contributed by atoms with E-state index in [1.807, 2.05) is 6.92 Å². The quantitative estimate of drug-likeness (QED) is 0.626. The molecule has 0 amide bonds. The third-order valence-corrected chi connectivity index (χ3v) is 4.46. The van der Waals surface area contributed by atoms with Crippen LogP contribution in [0.5, 0.6) is 0 Å². The Morgan fingerprint density at radius 3 is 2.85 bits per heavy atom. The predicted octanol–water partition coefficient (Wildman–Crippen LogP) is 2.89. The molecule has 13 heavy (non-hydrogen) atoms. The average Bonchev–Trinajstić information content (AvgIpc) is 2.53. The molecule has 74 valence electrons. The lowest BCUT2D eigenvalue weighted by Gasteiger charge is -2.08. The zero-order valence-electron chi connectivity index (χ0n) is 7.86. The first kappa shape index (κ1) is 11.3. The first-order valence-corrected chi connectivity index (χ1v) is 6.69. The zero-order chi connectivity index (χ0) is 9.68. The van der Waals surface area contributed by atoms with Gasteiger partial charge in [0.15, 0.2) is 4.34 Å². The number of nitrogens with zero attached hydrogens (tertiary/aromatic N) is 2. The molecule has 1 heterocycles. The van der Waals surface area contributed by atoms with Gasteiger partial charge in [-0.25, -0.2) is 4.98 Å². The van der Waals surface area contributed by atoms with E-state index >= 15 is 0 Å². The highest BCUT2D eigenvalue weighted by Gasteiger charge is 2.07. The van der Waals surface area contributed by atoms with Crippen LogP contribution in [0.3, 0.4) is 0 Å². The van der Waals surface area contributed by atoms with Crippen molar-refractivity contribution in [2.75, 3.05) is 11.5 Å². The average molecular weight is 234 g/mol. The molecule has 0 aliphatic rings. The van der Waals surface area contributed by atoms with Crippen LogP contribution in [0.2, 0.25) is 0 Å². The van der Waals surface area contributed by atoms with E-state index in [9.17, 15) is 0 Å². The van der Waals surface area contributed by atoms with Gasteiger partial charge in [-0.15, -0.1) is 0 Å². The molecule has 0 saturated heterocycles. The third kappa shape index (κ3) is 3.87. The van der Waals surface area contributed by atoms with Gasteiger partial charge < -0.3 is 0 Å². The fourth-order valence-electron chi connectivity index (χ4n) is 0.825. The summed E-state index contributed by atoms with van der Waals surface area (Å²) in [4.78, 5) is 4.30. The Bertz CT molecular complexity index is 245. The maximum absolute atomic E-state index is 4.30. The zero-order valence-corrected chi connectivity index (χ0v) is 10.4. The van der Waals surface area contributed by atoms with E-state index in [0.717, 1.165) is 21.7 Å². The first-order valence-electron chi connectivity index (χ1n) is 4.30. The highest BCUT2D eigenvalue weighted by Crippen LogP contribution is 2.23. The Labute approximate surface area is 93.1 Å². The van der Waals surface area contributed by atoms with Gasteiger partial charge in [-0.3, -0.25) is 0 Å². The molecule has 1 aromatic rings. The third-order valence-electron chi connectivity index (χ3n) is 1.79. The highest BCUT2D eigenvalue weighted by molar-refractivity contribution is 8.00. The molecular formula is C8H14N2S3. The van der Waals surface area contributed by atoms with Gasteiger partial charge in [-0.2, -0.15) is 17.0 Å². The van der Waals surface area contributed by atoms with Crippen molar-refractivity contribution in [2.45, 2.75) is 24.6 Å². The molecule has 1 aromatic heterocycles. The summed E-state index contributed by atoms with van der Waals surface area (Å²) < 4.78 is 5.22. The normalized spacial score (nSPS) is 13.2. The number of aryl methyl sites for hydroxylation is 1. The molecule has 0 spiro atoms. The Balaban J connectivity index is 2.33. The molecule has 1 rings (SSSR count). The molecule has 0 aliphatic carbocycles. The van der Waals surface area contributed by atoms with E-state index in [2.05, 4.69) is 28.9 Å². The van der Waals surface area contributed by atoms with Crippen LogP contribution in [0.25, 0.3) is 0 Å². The van der Waals surface area contributed by atoms with Crippen molar-refractivity contribution in [3.63, 3.8) is 0 Å². The minimum Gasteiger partial charge on any atom is -0.213 e. The lowest BCUT2D eigenvalue weighted by atomic mass is 10.2. The van der Waals surface area contributed by atoms with Gasteiger partial charge in [0.1, 0.15) is 5.82 Å². The lowest BCUT2D eigenvalue weighted by Crippen LogP contribution is -2.03. The summed E-state index contributed by atoms with van der Waals surface area (Å²) in [5.74, 6) is 3.64. The molecule has 1 atom stereocenters. The standard InChI is InChI=1S/C8H14N2S3/c1-3-7(4-11)5-12-8-9-6(2)10-13-8/h7,11H,3-5H2,1-2H3. The maximum Gasteiger partial charge on any atom is 0.170 e. The van der Waals surface area contributed by atoms with E-state index in [1.54, 1.807) is 11.8 Å². The molecule has 0 saturated carbocycles. The minimum absolute atomic E-state index is 0.692. The van der Waals surface area contributed by atoms with Crippen molar-refractivity contribution >= 4 is 35.9 Å². The maximum atomic E-state index is 4.30. The van der Waals surface area contributed by atoms with Gasteiger partial charge in [0.25, 0.3) is 0 Å². The number of rotatable bonds is 5. The van der Waals surface area contributed by atoms with Crippen LogP contribution >= 0.6 is 35.9 Å². The molecule has 0 radical (unpaired) electrons. The van der Waals surface area contributed by atoms with Crippen LogP contribution in [-0.2, 0) is 0 Å². The van der Waals surface area contributed by atoms with Crippen LogP contribution in [0.15, 0.2) is 4.34 Å². The van der Waals surface area contributed by atoms with Crippen molar-refractivity contribution in [1.29, 1.82) is 0 Å². The first-order chi connectivity index (χ1) is 6.26. The summed E-state index contributed by atoms with van der Waals surface area (Å²) in [7, 11) is 0. The summed E-state index contributed by atoms with van der Waals surface area (Å²) in [6.07, 6.45) is 1.19. The van der Waals surface area contributed by atoms with Crippen LogP contribution in [-0.4, -0.2) is 20.9 Å². The topological polar surface area (TPSA) is 25.8 Å². The summed E-state index contributed by atoms with van der Waals surface area (Å²) >= 11 is 7.59. The molecule has 0 aliphatic heterocycles. The summed E-state index contributed by atoms with van der Waals surface area (Å²) in [6, 6.07) is 0.